The number of rotatable bonds is 5. The number of halogens is 12. The molecule has 228 valence electrons. The first kappa shape index (κ1) is 32.0. The summed E-state index contributed by atoms with van der Waals surface area (Å²) >= 11 is 0. The maximum Gasteiger partial charge on any atom is 0.471 e. The monoisotopic (exact) mass is 611 g/mol. The van der Waals surface area contributed by atoms with Gasteiger partial charge in [0.25, 0.3) is 0 Å². The van der Waals surface area contributed by atoms with Crippen LogP contribution in [0.3, 0.4) is 0 Å². The van der Waals surface area contributed by atoms with Crippen LogP contribution in [0.5, 0.6) is 0 Å². The molecule has 3 rings (SSSR count). The zero-order chi connectivity index (χ0) is 31.1. The van der Waals surface area contributed by atoms with Crippen molar-refractivity contribution in [3.05, 3.63) is 41.1 Å². The lowest BCUT2D eigenvalue weighted by molar-refractivity contribution is -0.171. The van der Waals surface area contributed by atoms with E-state index in [1.54, 1.807) is 0 Å². The number of alkyl halides is 12. The minimum atomic E-state index is -5.63. The lowest BCUT2D eigenvalue weighted by Gasteiger charge is -2.38. The van der Waals surface area contributed by atoms with Gasteiger partial charge in [0, 0.05) is 38.1 Å². The molecule has 1 aliphatic carbocycles. The molecule has 0 aliphatic heterocycles. The smallest absolute Gasteiger partial charge is 0.362 e. The van der Waals surface area contributed by atoms with E-state index in [0.29, 0.717) is 6.20 Å². The third kappa shape index (κ3) is 7.63. The zero-order valence-corrected chi connectivity index (χ0v) is 21.0. The van der Waals surface area contributed by atoms with Crippen molar-refractivity contribution in [1.29, 1.82) is 0 Å². The third-order valence-corrected chi connectivity index (χ3v) is 6.20. The van der Waals surface area contributed by atoms with E-state index in [1.165, 1.54) is 14.1 Å². The predicted octanol–water partition coefficient (Wildman–Crippen LogP) is 6.92. The average molecular weight is 611 g/mol. The van der Waals surface area contributed by atoms with E-state index in [-0.39, 0.29) is 54.7 Å². The molecule has 1 N–H and O–H groups in total. The van der Waals surface area contributed by atoms with Gasteiger partial charge in [0.1, 0.15) is 11.4 Å². The highest BCUT2D eigenvalue weighted by Crippen LogP contribution is 2.41. The highest BCUT2D eigenvalue weighted by molar-refractivity contribution is 5.98. The number of carbonyl (C=O) groups is 1. The molecule has 0 atom stereocenters. The highest BCUT2D eigenvalue weighted by Gasteiger charge is 2.47. The number of hydrogen-bond donors (Lipinski definition) is 1. The summed E-state index contributed by atoms with van der Waals surface area (Å²) in [6.07, 6.45) is -21.3. The molecule has 1 heterocycles. The number of nitrogens with zero attached hydrogens (tertiary/aromatic N) is 4. The highest BCUT2D eigenvalue weighted by atomic mass is 19.4. The second kappa shape index (κ2) is 11.1. The van der Waals surface area contributed by atoms with Crippen LogP contribution in [-0.2, 0) is 23.3 Å². The molecule has 41 heavy (non-hydrogen) atoms. The number of carbonyl (C=O) groups excluding carboxylic acids is 1. The van der Waals surface area contributed by atoms with Gasteiger partial charge in [-0.15, -0.1) is 0 Å². The molecule has 18 heteroatoms. The second-order valence-corrected chi connectivity index (χ2v) is 9.41. The zero-order valence-electron chi connectivity index (χ0n) is 21.0. The molecule has 0 radical (unpaired) electrons. The summed E-state index contributed by atoms with van der Waals surface area (Å²) in [5.74, 6) is -3.38. The largest absolute Gasteiger partial charge is 0.471 e. The first-order chi connectivity index (χ1) is 18.6. The van der Waals surface area contributed by atoms with Crippen molar-refractivity contribution in [3.8, 4) is 0 Å². The Kier molecular flexibility index (Phi) is 8.66. The van der Waals surface area contributed by atoms with Gasteiger partial charge < -0.3 is 15.1 Å². The molecule has 0 saturated heterocycles. The molecular weight excluding hydrogens is 590 g/mol. The first-order valence-electron chi connectivity index (χ1n) is 11.7. The molecule has 0 unspecified atom stereocenters. The van der Waals surface area contributed by atoms with Crippen molar-refractivity contribution in [2.75, 3.05) is 29.2 Å². The number of nitrogens with one attached hydrogen (secondary N) is 1. The Morgan fingerprint density at radius 2 is 1.32 bits per heavy atom. The van der Waals surface area contributed by atoms with Gasteiger partial charge in [-0.2, -0.15) is 57.7 Å². The maximum absolute atomic E-state index is 13.4. The van der Waals surface area contributed by atoms with Crippen LogP contribution in [0.2, 0.25) is 0 Å². The minimum Gasteiger partial charge on any atom is -0.362 e. The van der Waals surface area contributed by atoms with E-state index in [1.807, 2.05) is 0 Å². The summed E-state index contributed by atoms with van der Waals surface area (Å²) in [5.41, 5.74) is -6.15. The topological polar surface area (TPSA) is 61.4 Å². The number of amides is 1. The Labute approximate surface area is 224 Å². The second-order valence-electron chi connectivity index (χ2n) is 9.41. The Hall–Kier alpha value is -3.47. The van der Waals surface area contributed by atoms with E-state index in [9.17, 15) is 57.5 Å². The van der Waals surface area contributed by atoms with Gasteiger partial charge in [-0.05, 0) is 43.9 Å². The molecular formula is C23H21F12N5O. The molecule has 1 aromatic carbocycles. The predicted molar refractivity (Wildman–Crippen MR) is 121 cm³/mol. The van der Waals surface area contributed by atoms with E-state index in [4.69, 9.17) is 0 Å². The van der Waals surface area contributed by atoms with Gasteiger partial charge in [0.15, 0.2) is 0 Å². The standard InChI is InChI=1S/C23H21F12N5O/c1-39(2)17-16(22(30,31)32)10-36-19(38-17)37-13-3-5-14(6-4-13)40(18(41)23(33,34)35)15-8-11(20(24,25)26)7-12(9-15)21(27,28)29/h7-10,13-14H,3-6H2,1-2H3,(H,36,37,38). The number of benzene rings is 1. The van der Waals surface area contributed by atoms with Crippen LogP contribution in [0.15, 0.2) is 24.4 Å². The van der Waals surface area contributed by atoms with Crippen molar-refractivity contribution < 1.29 is 57.5 Å². The van der Waals surface area contributed by atoms with Crippen LogP contribution in [-0.4, -0.2) is 48.2 Å². The van der Waals surface area contributed by atoms with E-state index in [2.05, 4.69) is 15.3 Å². The first-order valence-corrected chi connectivity index (χ1v) is 11.7. The van der Waals surface area contributed by atoms with Crippen molar-refractivity contribution in [3.63, 3.8) is 0 Å². The van der Waals surface area contributed by atoms with Crippen LogP contribution in [0, 0.1) is 0 Å². The van der Waals surface area contributed by atoms with E-state index in [0.717, 1.165) is 4.90 Å². The van der Waals surface area contributed by atoms with Gasteiger partial charge in [0.05, 0.1) is 11.1 Å². The van der Waals surface area contributed by atoms with Gasteiger partial charge >= 0.3 is 30.6 Å². The van der Waals surface area contributed by atoms with Gasteiger partial charge in [-0.25, -0.2) is 4.98 Å². The summed E-state index contributed by atoms with van der Waals surface area (Å²) in [4.78, 5) is 20.7. The lowest BCUT2D eigenvalue weighted by Crippen LogP contribution is -2.49. The molecule has 6 nitrogen and oxygen atoms in total. The number of anilines is 3. The molecule has 2 aromatic rings. The Bertz CT molecular complexity index is 1210. The van der Waals surface area contributed by atoms with Gasteiger partial charge in [0.2, 0.25) is 5.95 Å². The fourth-order valence-electron chi connectivity index (χ4n) is 4.35. The fraction of sp³-hybridized carbons (Fsp3) is 0.522. The number of hydrogen-bond acceptors (Lipinski definition) is 5. The summed E-state index contributed by atoms with van der Waals surface area (Å²) < 4.78 is 160. The van der Waals surface area contributed by atoms with Gasteiger partial charge in [-0.3, -0.25) is 4.79 Å². The Morgan fingerprint density at radius 3 is 1.73 bits per heavy atom. The van der Waals surface area contributed by atoms with Crippen molar-refractivity contribution in [1.82, 2.24) is 9.97 Å². The summed E-state index contributed by atoms with van der Waals surface area (Å²) in [7, 11) is 2.60. The molecule has 1 amide bonds. The quantitative estimate of drug-likeness (QED) is 0.372. The Morgan fingerprint density at radius 1 is 0.805 bits per heavy atom. The van der Waals surface area contributed by atoms with Crippen molar-refractivity contribution in [2.45, 2.75) is 62.5 Å². The summed E-state index contributed by atoms with van der Waals surface area (Å²) in [5, 5.41) is 2.73. The minimum absolute atomic E-state index is 0.0437. The third-order valence-electron chi connectivity index (χ3n) is 6.20. The maximum atomic E-state index is 13.4. The Balaban J connectivity index is 1.90. The molecule has 1 aliphatic rings. The normalized spacial score (nSPS) is 18.7. The summed E-state index contributed by atoms with van der Waals surface area (Å²) in [6.45, 7) is 0. The van der Waals surface area contributed by atoms with Crippen molar-refractivity contribution >= 4 is 23.4 Å². The van der Waals surface area contributed by atoms with Crippen LogP contribution >= 0.6 is 0 Å². The van der Waals surface area contributed by atoms with Crippen LogP contribution < -0.4 is 15.1 Å². The van der Waals surface area contributed by atoms with Gasteiger partial charge in [-0.1, -0.05) is 0 Å². The molecule has 1 aromatic heterocycles. The SMILES string of the molecule is CN(C)c1nc(NC2CCC(N(C(=O)C(F)(F)F)c3cc(C(F)(F)F)cc(C(F)(F)F)c3)CC2)ncc1C(F)(F)F. The molecule has 0 spiro atoms. The van der Waals surface area contributed by atoms with Crippen LogP contribution in [0.25, 0.3) is 0 Å². The van der Waals surface area contributed by atoms with Crippen LogP contribution in [0.4, 0.5) is 70.1 Å². The average Bonchev–Trinajstić information content (AvgIpc) is 2.82. The van der Waals surface area contributed by atoms with Crippen molar-refractivity contribution in [2.24, 2.45) is 0 Å². The molecule has 1 saturated carbocycles. The summed E-state index contributed by atoms with van der Waals surface area (Å²) in [6, 6.07) is -2.28. The number of aromatic nitrogens is 2. The molecule has 1 fully saturated rings. The lowest BCUT2D eigenvalue weighted by atomic mass is 9.89. The fourth-order valence-corrected chi connectivity index (χ4v) is 4.35. The molecule has 0 bridgehead atoms. The van der Waals surface area contributed by atoms with Crippen LogP contribution in [0.1, 0.15) is 42.4 Å². The van der Waals surface area contributed by atoms with E-state index >= 15 is 0 Å². The van der Waals surface area contributed by atoms with E-state index < -0.39 is 70.9 Å².